The predicted molar refractivity (Wildman–Crippen MR) is 150 cm³/mol. The van der Waals surface area contributed by atoms with E-state index in [4.69, 9.17) is 16.6 Å². The Morgan fingerprint density at radius 3 is 2.11 bits per heavy atom. The molecular weight excluding hydrogens is 494 g/mol. The molecule has 6 heteroatoms. The molecule has 1 saturated heterocycles. The number of aliphatic imine (C=N–C) groups is 1. The lowest BCUT2D eigenvalue weighted by atomic mass is 9.99. The fourth-order valence-corrected chi connectivity index (χ4v) is 6.05. The van der Waals surface area contributed by atoms with Crippen molar-refractivity contribution < 1.29 is 9.59 Å². The lowest BCUT2D eigenvalue weighted by molar-refractivity contribution is -0.131. The molecule has 38 heavy (non-hydrogen) atoms. The lowest BCUT2D eigenvalue weighted by Gasteiger charge is -2.23. The predicted octanol–water partition coefficient (Wildman–Crippen LogP) is 6.05. The summed E-state index contributed by atoms with van der Waals surface area (Å²) in [6, 6.07) is 24.8. The minimum atomic E-state index is -0.535. The molecule has 3 aromatic rings. The van der Waals surface area contributed by atoms with Crippen LogP contribution in [-0.2, 0) is 9.59 Å². The molecule has 3 fully saturated rings. The first kappa shape index (κ1) is 23.7. The Labute approximate surface area is 228 Å². The van der Waals surface area contributed by atoms with Crippen molar-refractivity contribution in [3.8, 4) is 22.3 Å². The number of carbonyl (C=O) groups is 2. The van der Waals surface area contributed by atoms with Gasteiger partial charge in [-0.05, 0) is 72.4 Å². The molecule has 0 aromatic heterocycles. The van der Waals surface area contributed by atoms with Gasteiger partial charge in [0, 0.05) is 36.1 Å². The van der Waals surface area contributed by atoms with Crippen molar-refractivity contribution in [1.29, 1.82) is 0 Å². The van der Waals surface area contributed by atoms with E-state index in [0.717, 1.165) is 83.9 Å². The van der Waals surface area contributed by atoms with Crippen LogP contribution in [0.15, 0.2) is 77.8 Å². The normalized spacial score (nSPS) is 21.8. The highest BCUT2D eigenvalue weighted by molar-refractivity contribution is 6.30. The van der Waals surface area contributed by atoms with Crippen LogP contribution in [0.1, 0.15) is 37.7 Å². The molecule has 2 aliphatic carbocycles. The third kappa shape index (κ3) is 4.33. The SMILES string of the molecule is O=C(C1CC1)N1CC[C@H](CN2C(=O)C3(CC3)N=C2c2ccc(-c3ccc(-c4cccc(Cl)c4)cc3)cc2)C1. The Morgan fingerprint density at radius 1 is 0.868 bits per heavy atom. The summed E-state index contributed by atoms with van der Waals surface area (Å²) in [5.74, 6) is 1.80. The van der Waals surface area contributed by atoms with Crippen LogP contribution < -0.4 is 0 Å². The van der Waals surface area contributed by atoms with Crippen LogP contribution in [0.3, 0.4) is 0 Å². The highest BCUT2D eigenvalue weighted by atomic mass is 35.5. The van der Waals surface area contributed by atoms with Crippen molar-refractivity contribution in [2.75, 3.05) is 19.6 Å². The topological polar surface area (TPSA) is 53.0 Å². The van der Waals surface area contributed by atoms with Crippen LogP contribution in [0.5, 0.6) is 0 Å². The van der Waals surface area contributed by atoms with E-state index >= 15 is 0 Å². The average molecular weight is 524 g/mol. The first-order valence-corrected chi connectivity index (χ1v) is 14.0. The summed E-state index contributed by atoms with van der Waals surface area (Å²) in [4.78, 5) is 34.8. The van der Waals surface area contributed by atoms with E-state index in [1.54, 1.807) is 0 Å². The molecule has 7 rings (SSSR count). The van der Waals surface area contributed by atoms with Crippen molar-refractivity contribution in [2.45, 2.75) is 37.6 Å². The Bertz CT molecular complexity index is 1440. The van der Waals surface area contributed by atoms with Gasteiger partial charge in [-0.1, -0.05) is 72.3 Å². The molecule has 2 saturated carbocycles. The fourth-order valence-electron chi connectivity index (χ4n) is 5.86. The standard InChI is InChI=1S/C32H30ClN3O2/c33-28-3-1-2-27(18-28)24-6-4-22(5-7-24)23-8-10-25(11-9-23)29-34-32(15-16-32)31(38)36(29)20-21-14-17-35(19-21)30(37)26-12-13-26/h1-11,18,21,26H,12-17,19-20H2/t21-/m0/s1. The first-order valence-electron chi connectivity index (χ1n) is 13.7. The van der Waals surface area contributed by atoms with Gasteiger partial charge in [0.25, 0.3) is 5.91 Å². The molecule has 5 nitrogen and oxygen atoms in total. The number of nitrogens with zero attached hydrogens (tertiary/aromatic N) is 3. The molecule has 0 radical (unpaired) electrons. The summed E-state index contributed by atoms with van der Waals surface area (Å²) < 4.78 is 0. The van der Waals surface area contributed by atoms with Crippen LogP contribution in [0, 0.1) is 11.8 Å². The summed E-state index contributed by atoms with van der Waals surface area (Å²) >= 11 is 6.16. The molecule has 1 atom stereocenters. The summed E-state index contributed by atoms with van der Waals surface area (Å²) in [5, 5.41) is 0.731. The highest BCUT2D eigenvalue weighted by Gasteiger charge is 2.57. The van der Waals surface area contributed by atoms with Gasteiger partial charge in [-0.25, -0.2) is 0 Å². The van der Waals surface area contributed by atoms with E-state index < -0.39 is 5.54 Å². The van der Waals surface area contributed by atoms with Gasteiger partial charge < -0.3 is 4.90 Å². The number of halogens is 1. The monoisotopic (exact) mass is 523 g/mol. The molecule has 3 aromatic carbocycles. The zero-order chi connectivity index (χ0) is 25.9. The lowest BCUT2D eigenvalue weighted by Crippen LogP contribution is -2.40. The van der Waals surface area contributed by atoms with Gasteiger partial charge in [-0.15, -0.1) is 0 Å². The second-order valence-electron chi connectivity index (χ2n) is 11.3. The highest BCUT2D eigenvalue weighted by Crippen LogP contribution is 2.46. The van der Waals surface area contributed by atoms with Crippen LogP contribution >= 0.6 is 11.6 Å². The third-order valence-corrected chi connectivity index (χ3v) is 8.66. The van der Waals surface area contributed by atoms with Gasteiger partial charge in [0.05, 0.1) is 0 Å². The molecular formula is C32H30ClN3O2. The van der Waals surface area contributed by atoms with E-state index in [2.05, 4.69) is 54.6 Å². The maximum absolute atomic E-state index is 13.4. The van der Waals surface area contributed by atoms with Gasteiger partial charge in [-0.2, -0.15) is 0 Å². The second kappa shape index (κ2) is 9.09. The van der Waals surface area contributed by atoms with E-state index in [-0.39, 0.29) is 11.8 Å². The van der Waals surface area contributed by atoms with Gasteiger partial charge in [0.15, 0.2) is 0 Å². The van der Waals surface area contributed by atoms with Crippen molar-refractivity contribution >= 4 is 29.3 Å². The molecule has 0 N–H and O–H groups in total. The van der Waals surface area contributed by atoms with Gasteiger partial charge >= 0.3 is 0 Å². The van der Waals surface area contributed by atoms with Crippen LogP contribution in [0.2, 0.25) is 5.02 Å². The summed E-state index contributed by atoms with van der Waals surface area (Å²) in [5.41, 5.74) is 4.92. The van der Waals surface area contributed by atoms with E-state index in [9.17, 15) is 9.59 Å². The maximum atomic E-state index is 13.4. The van der Waals surface area contributed by atoms with E-state index in [1.807, 2.05) is 28.0 Å². The minimum absolute atomic E-state index is 0.139. The smallest absolute Gasteiger partial charge is 0.256 e. The molecule has 2 amide bonds. The molecule has 2 heterocycles. The number of carbonyl (C=O) groups excluding carboxylic acids is 2. The van der Waals surface area contributed by atoms with Crippen molar-refractivity contribution in [3.63, 3.8) is 0 Å². The molecule has 0 unspecified atom stereocenters. The Morgan fingerprint density at radius 2 is 1.50 bits per heavy atom. The van der Waals surface area contributed by atoms with Crippen molar-refractivity contribution in [3.05, 3.63) is 83.4 Å². The summed E-state index contributed by atoms with van der Waals surface area (Å²) in [7, 11) is 0. The van der Waals surface area contributed by atoms with Gasteiger partial charge in [0.1, 0.15) is 11.4 Å². The fraction of sp³-hybridized carbons (Fsp3) is 0.344. The number of amidine groups is 1. The van der Waals surface area contributed by atoms with E-state index in [1.165, 1.54) is 0 Å². The Balaban J connectivity index is 1.08. The Kier molecular flexibility index (Phi) is 5.66. The molecule has 0 bridgehead atoms. The van der Waals surface area contributed by atoms with Crippen molar-refractivity contribution in [2.24, 2.45) is 16.8 Å². The molecule has 1 spiro atoms. The number of rotatable bonds is 6. The quantitative estimate of drug-likeness (QED) is 0.394. The zero-order valence-corrected chi connectivity index (χ0v) is 22.0. The number of likely N-dealkylation sites (tertiary alicyclic amines) is 1. The third-order valence-electron chi connectivity index (χ3n) is 8.43. The number of hydrogen-bond acceptors (Lipinski definition) is 3. The summed E-state index contributed by atoms with van der Waals surface area (Å²) in [6.07, 6.45) is 4.68. The number of amides is 2. The average Bonchev–Trinajstić information content (AvgIpc) is 3.87. The van der Waals surface area contributed by atoms with Crippen LogP contribution in [0.25, 0.3) is 22.3 Å². The number of benzene rings is 3. The van der Waals surface area contributed by atoms with E-state index in [0.29, 0.717) is 18.4 Å². The molecule has 4 aliphatic rings. The van der Waals surface area contributed by atoms with Gasteiger partial charge in [0.2, 0.25) is 5.91 Å². The molecule has 192 valence electrons. The summed E-state index contributed by atoms with van der Waals surface area (Å²) in [6.45, 7) is 2.20. The molecule has 2 aliphatic heterocycles. The van der Waals surface area contributed by atoms with Crippen molar-refractivity contribution in [1.82, 2.24) is 9.80 Å². The minimum Gasteiger partial charge on any atom is -0.342 e. The van der Waals surface area contributed by atoms with Crippen LogP contribution in [-0.4, -0.2) is 52.6 Å². The Hall–Kier alpha value is -3.44. The van der Waals surface area contributed by atoms with Gasteiger partial charge in [-0.3, -0.25) is 19.5 Å². The largest absolute Gasteiger partial charge is 0.342 e. The zero-order valence-electron chi connectivity index (χ0n) is 21.3. The van der Waals surface area contributed by atoms with Crippen LogP contribution in [0.4, 0.5) is 0 Å². The number of hydrogen-bond donors (Lipinski definition) is 0. The second-order valence-corrected chi connectivity index (χ2v) is 11.7. The maximum Gasteiger partial charge on any atom is 0.256 e. The first-order chi connectivity index (χ1) is 18.5.